The van der Waals surface area contributed by atoms with Crippen molar-refractivity contribution in [2.75, 3.05) is 0 Å². The lowest BCUT2D eigenvalue weighted by Gasteiger charge is -1.93. The first-order valence-electron chi connectivity index (χ1n) is 4.18. The zero-order valence-corrected chi connectivity index (χ0v) is 7.97. The average molecular weight is 184 g/mol. The van der Waals surface area contributed by atoms with Crippen LogP contribution in [0, 0.1) is 0 Å². The molecule has 1 rings (SSSR count). The van der Waals surface area contributed by atoms with Gasteiger partial charge in [0.25, 0.3) is 0 Å². The molecule has 0 aliphatic carbocycles. The molecule has 0 saturated carbocycles. The van der Waals surface area contributed by atoms with Gasteiger partial charge in [0.15, 0.2) is 0 Å². The Kier molecular flexibility index (Phi) is 3.78. The fourth-order valence-electron chi connectivity index (χ4n) is 1.02. The van der Waals surface area contributed by atoms with Gasteiger partial charge in [-0.05, 0) is 18.9 Å². The van der Waals surface area contributed by atoms with Crippen LogP contribution in [0.2, 0.25) is 0 Å². The normalized spacial score (nSPS) is 10.2. The van der Waals surface area contributed by atoms with Crippen LogP contribution in [0.4, 0.5) is 0 Å². The van der Waals surface area contributed by atoms with Crippen molar-refractivity contribution in [1.29, 1.82) is 0 Å². The lowest BCUT2D eigenvalue weighted by atomic mass is 9.90. The Bertz CT molecular complexity index is 235. The van der Waals surface area contributed by atoms with E-state index < -0.39 is 7.12 Å². The van der Waals surface area contributed by atoms with Crippen molar-refractivity contribution in [3.63, 3.8) is 0 Å². The highest BCUT2D eigenvalue weighted by molar-refractivity contribution is 7.22. The second-order valence-corrected chi connectivity index (χ2v) is 3.98. The van der Waals surface area contributed by atoms with Crippen molar-refractivity contribution in [2.24, 2.45) is 0 Å². The standard InChI is InChI=1S/C8H13BO2S/c1-2-3-4-7-5-6-8(12-7)9(10)11/h5-6,10-11H,2-4H2,1H3. The molecule has 66 valence electrons. The van der Waals surface area contributed by atoms with Gasteiger partial charge in [-0.2, -0.15) is 0 Å². The third kappa shape index (κ3) is 2.62. The van der Waals surface area contributed by atoms with Gasteiger partial charge >= 0.3 is 7.12 Å². The summed E-state index contributed by atoms with van der Waals surface area (Å²) in [6, 6.07) is 3.75. The van der Waals surface area contributed by atoms with Crippen LogP contribution in [-0.4, -0.2) is 17.2 Å². The summed E-state index contributed by atoms with van der Waals surface area (Å²) in [5, 5.41) is 17.7. The Morgan fingerprint density at radius 2 is 2.17 bits per heavy atom. The number of thiophene rings is 1. The lowest BCUT2D eigenvalue weighted by Crippen LogP contribution is -2.26. The zero-order valence-electron chi connectivity index (χ0n) is 7.16. The molecule has 0 amide bonds. The number of aryl methyl sites for hydroxylation is 1. The maximum atomic E-state index is 8.83. The molecule has 1 aromatic rings. The molecular weight excluding hydrogens is 171 g/mol. The second kappa shape index (κ2) is 4.65. The largest absolute Gasteiger partial charge is 0.499 e. The van der Waals surface area contributed by atoms with Crippen LogP contribution >= 0.6 is 11.3 Å². The van der Waals surface area contributed by atoms with E-state index in [0.717, 1.165) is 6.42 Å². The molecule has 1 aromatic heterocycles. The molecule has 0 aliphatic rings. The molecular formula is C8H13BO2S. The zero-order chi connectivity index (χ0) is 8.97. The highest BCUT2D eigenvalue weighted by Crippen LogP contribution is 2.10. The summed E-state index contributed by atoms with van der Waals surface area (Å²) in [6.45, 7) is 2.15. The Hall–Kier alpha value is -0.315. The van der Waals surface area contributed by atoms with E-state index in [9.17, 15) is 0 Å². The summed E-state index contributed by atoms with van der Waals surface area (Å²) in [5.74, 6) is 0. The molecule has 0 spiro atoms. The molecule has 2 N–H and O–H groups in total. The topological polar surface area (TPSA) is 40.5 Å². The van der Waals surface area contributed by atoms with Crippen molar-refractivity contribution in [1.82, 2.24) is 0 Å². The summed E-state index contributed by atoms with van der Waals surface area (Å²) in [6.07, 6.45) is 3.39. The Labute approximate surface area is 77.0 Å². The predicted molar refractivity (Wildman–Crippen MR) is 52.8 cm³/mol. The highest BCUT2D eigenvalue weighted by Gasteiger charge is 2.12. The minimum absolute atomic E-state index is 0.640. The van der Waals surface area contributed by atoms with E-state index in [1.807, 2.05) is 6.07 Å². The van der Waals surface area contributed by atoms with Gasteiger partial charge in [-0.1, -0.05) is 19.4 Å². The molecule has 0 bridgehead atoms. The van der Waals surface area contributed by atoms with Crippen LogP contribution in [0.25, 0.3) is 0 Å². The molecule has 0 unspecified atom stereocenters. The first kappa shape index (κ1) is 9.77. The third-order valence-corrected chi connectivity index (χ3v) is 2.90. The summed E-state index contributed by atoms with van der Waals surface area (Å²) in [5.41, 5.74) is 0. The van der Waals surface area contributed by atoms with E-state index in [4.69, 9.17) is 10.0 Å². The van der Waals surface area contributed by atoms with Crippen molar-refractivity contribution in [3.8, 4) is 0 Å². The Balaban J connectivity index is 2.52. The van der Waals surface area contributed by atoms with Gasteiger partial charge in [0.1, 0.15) is 0 Å². The smallest absolute Gasteiger partial charge is 0.423 e. The average Bonchev–Trinajstić information content (AvgIpc) is 2.48. The number of hydrogen-bond acceptors (Lipinski definition) is 3. The number of unbranched alkanes of at least 4 members (excludes halogenated alkanes) is 1. The van der Waals surface area contributed by atoms with E-state index in [1.54, 1.807) is 6.07 Å². The number of rotatable bonds is 4. The van der Waals surface area contributed by atoms with Crippen molar-refractivity contribution in [3.05, 3.63) is 17.0 Å². The number of hydrogen-bond donors (Lipinski definition) is 2. The summed E-state index contributed by atoms with van der Waals surface area (Å²) in [4.78, 5) is 1.24. The first-order valence-corrected chi connectivity index (χ1v) is 5.00. The molecule has 0 saturated heterocycles. The van der Waals surface area contributed by atoms with Gasteiger partial charge in [0.05, 0.1) is 0 Å². The van der Waals surface area contributed by atoms with Crippen molar-refractivity contribution in [2.45, 2.75) is 26.2 Å². The van der Waals surface area contributed by atoms with E-state index in [-0.39, 0.29) is 0 Å². The fraction of sp³-hybridized carbons (Fsp3) is 0.500. The molecule has 1 heterocycles. The van der Waals surface area contributed by atoms with Crippen LogP contribution in [0.15, 0.2) is 12.1 Å². The maximum absolute atomic E-state index is 8.83. The van der Waals surface area contributed by atoms with Crippen molar-refractivity contribution >= 4 is 23.2 Å². The van der Waals surface area contributed by atoms with Crippen LogP contribution in [0.3, 0.4) is 0 Å². The molecule has 0 radical (unpaired) electrons. The van der Waals surface area contributed by atoms with Crippen molar-refractivity contribution < 1.29 is 10.0 Å². The monoisotopic (exact) mass is 184 g/mol. The maximum Gasteiger partial charge on any atom is 0.499 e. The summed E-state index contributed by atoms with van der Waals surface area (Å²) >= 11 is 1.48. The Morgan fingerprint density at radius 1 is 1.42 bits per heavy atom. The first-order chi connectivity index (χ1) is 5.74. The molecule has 2 nitrogen and oxygen atoms in total. The minimum atomic E-state index is -1.30. The van der Waals surface area contributed by atoms with Gasteiger partial charge in [0.2, 0.25) is 0 Å². The molecule has 0 aromatic carbocycles. The third-order valence-electron chi connectivity index (χ3n) is 1.71. The van der Waals surface area contributed by atoms with Gasteiger partial charge in [-0.3, -0.25) is 0 Å². The molecule has 0 atom stereocenters. The van der Waals surface area contributed by atoms with Gasteiger partial charge in [-0.15, -0.1) is 11.3 Å². The van der Waals surface area contributed by atoms with Gasteiger partial charge in [0, 0.05) is 9.65 Å². The Morgan fingerprint density at radius 3 is 2.67 bits per heavy atom. The SMILES string of the molecule is CCCCc1ccc(B(O)O)s1. The molecule has 0 fully saturated rings. The fourth-order valence-corrected chi connectivity index (χ4v) is 1.95. The molecule has 0 aliphatic heterocycles. The van der Waals surface area contributed by atoms with E-state index >= 15 is 0 Å². The van der Waals surface area contributed by atoms with Crippen LogP contribution in [0.1, 0.15) is 24.6 Å². The highest BCUT2D eigenvalue weighted by atomic mass is 32.1. The van der Waals surface area contributed by atoms with Crippen LogP contribution in [-0.2, 0) is 6.42 Å². The van der Waals surface area contributed by atoms with E-state index in [1.165, 1.54) is 29.1 Å². The van der Waals surface area contributed by atoms with Crippen LogP contribution in [0.5, 0.6) is 0 Å². The summed E-state index contributed by atoms with van der Waals surface area (Å²) < 4.78 is 0.640. The second-order valence-electron chi connectivity index (χ2n) is 2.78. The minimum Gasteiger partial charge on any atom is -0.423 e. The molecule has 12 heavy (non-hydrogen) atoms. The molecule has 4 heteroatoms. The van der Waals surface area contributed by atoms with Crippen LogP contribution < -0.4 is 4.78 Å². The van der Waals surface area contributed by atoms with E-state index in [2.05, 4.69) is 6.92 Å². The van der Waals surface area contributed by atoms with Gasteiger partial charge in [-0.25, -0.2) is 0 Å². The van der Waals surface area contributed by atoms with Gasteiger partial charge < -0.3 is 10.0 Å². The lowest BCUT2D eigenvalue weighted by molar-refractivity contribution is 0.427. The quantitative estimate of drug-likeness (QED) is 0.678. The van der Waals surface area contributed by atoms with E-state index in [0.29, 0.717) is 4.78 Å². The summed E-state index contributed by atoms with van der Waals surface area (Å²) in [7, 11) is -1.30. The predicted octanol–water partition coefficient (Wildman–Crippen LogP) is 0.770.